The van der Waals surface area contributed by atoms with Gasteiger partial charge in [0, 0.05) is 46.6 Å². The number of carbonyl (C=O) groups excluding carboxylic acids is 3. The van der Waals surface area contributed by atoms with Crippen LogP contribution in [0.15, 0.2) is 24.3 Å². The molecule has 1 atom stereocenters. The van der Waals surface area contributed by atoms with E-state index in [1.165, 1.54) is 31.4 Å². The van der Waals surface area contributed by atoms with Gasteiger partial charge < -0.3 is 38.3 Å². The lowest BCUT2D eigenvalue weighted by molar-refractivity contribution is -0.315. The minimum Gasteiger partial charge on any atom is -0.449 e. The number of methoxy groups -OCH3 is 1. The van der Waals surface area contributed by atoms with Crippen LogP contribution in [0.5, 0.6) is 0 Å². The Morgan fingerprint density at radius 3 is 1.55 bits per heavy atom. The van der Waals surface area contributed by atoms with Crippen LogP contribution in [0, 0.1) is 0 Å². The number of carbonyl (C=O) groups is 4. The molecule has 0 radical (unpaired) electrons. The molecular weight excluding hydrogens is 644 g/mol. The molecular formula is C35H42O14. The van der Waals surface area contributed by atoms with Gasteiger partial charge in [-0.05, 0) is 64.8 Å². The summed E-state index contributed by atoms with van der Waals surface area (Å²) in [4.78, 5) is 61.0. The van der Waals surface area contributed by atoms with Gasteiger partial charge >= 0.3 is 24.6 Å². The Hall–Kier alpha value is -4.82. The van der Waals surface area contributed by atoms with Gasteiger partial charge in [-0.15, -0.1) is 0 Å². The summed E-state index contributed by atoms with van der Waals surface area (Å²) in [7, 11) is 1.37. The van der Waals surface area contributed by atoms with E-state index in [-0.39, 0.29) is 45.3 Å². The smallest absolute Gasteiger partial charge is 0.449 e. The summed E-state index contributed by atoms with van der Waals surface area (Å²) < 4.78 is 38.0. The fraction of sp³-hybridized carbons (Fsp3) is 0.486. The van der Waals surface area contributed by atoms with Gasteiger partial charge in [0.2, 0.25) is 6.29 Å². The maximum absolute atomic E-state index is 13.1. The van der Waals surface area contributed by atoms with Crippen molar-refractivity contribution in [3.8, 4) is 0 Å². The molecule has 1 N–H and O–H groups in total. The van der Waals surface area contributed by atoms with Crippen LogP contribution in [-0.4, -0.2) is 54.3 Å². The van der Waals surface area contributed by atoms with Gasteiger partial charge in [-0.1, -0.05) is 40.0 Å². The minimum absolute atomic E-state index is 0.169. The molecule has 0 amide bonds. The zero-order valence-corrected chi connectivity index (χ0v) is 28.9. The van der Waals surface area contributed by atoms with Crippen LogP contribution in [-0.2, 0) is 42.9 Å². The first-order chi connectivity index (χ1) is 23.1. The van der Waals surface area contributed by atoms with Crippen LogP contribution in [0.4, 0.5) is 19.2 Å². The quantitative estimate of drug-likeness (QED) is 0.0618. The number of rotatable bonds is 15. The van der Waals surface area contributed by atoms with Gasteiger partial charge in [-0.3, -0.25) is 4.89 Å². The van der Waals surface area contributed by atoms with Gasteiger partial charge in [0.25, 0.3) is 0 Å². The first kappa shape index (κ1) is 37.0. The zero-order chi connectivity index (χ0) is 36.1. The molecule has 14 heteroatoms. The molecule has 0 saturated heterocycles. The van der Waals surface area contributed by atoms with E-state index >= 15 is 0 Å². The van der Waals surface area contributed by atoms with Crippen molar-refractivity contribution in [2.24, 2.45) is 0 Å². The van der Waals surface area contributed by atoms with Crippen LogP contribution in [0.25, 0.3) is 33.8 Å². The topological polar surface area (TPSA) is 172 Å². The van der Waals surface area contributed by atoms with Crippen LogP contribution < -0.4 is 0 Å². The summed E-state index contributed by atoms with van der Waals surface area (Å²) in [6.45, 7) is 12.7. The second-order valence-electron chi connectivity index (χ2n) is 12.7. The van der Waals surface area contributed by atoms with Crippen molar-refractivity contribution in [3.05, 3.63) is 46.5 Å². The number of hydrogen-bond acceptors (Lipinski definition) is 13. The lowest BCUT2D eigenvalue weighted by Crippen LogP contribution is -2.28. The molecule has 14 nitrogen and oxygen atoms in total. The van der Waals surface area contributed by atoms with Crippen molar-refractivity contribution in [1.82, 2.24) is 0 Å². The molecule has 0 fully saturated rings. The normalized spacial score (nSPS) is 14.1. The molecule has 2 aliphatic carbocycles. The number of benzene rings is 2. The van der Waals surface area contributed by atoms with E-state index in [1.54, 1.807) is 27.7 Å². The highest BCUT2D eigenvalue weighted by Crippen LogP contribution is 2.52. The highest BCUT2D eigenvalue weighted by Gasteiger charge is 2.39. The Balaban J connectivity index is 1.78. The predicted molar refractivity (Wildman–Crippen MR) is 174 cm³/mol. The van der Waals surface area contributed by atoms with Crippen LogP contribution >= 0.6 is 0 Å². The van der Waals surface area contributed by atoms with Gasteiger partial charge in [0.1, 0.15) is 11.2 Å². The van der Waals surface area contributed by atoms with E-state index in [1.807, 2.05) is 20.8 Å². The third-order valence-corrected chi connectivity index (χ3v) is 7.71. The summed E-state index contributed by atoms with van der Waals surface area (Å²) in [6, 6.07) is 6.04. The average molecular weight is 687 g/mol. The number of hydrogen-bond donors (Lipinski definition) is 1. The molecule has 0 saturated carbocycles. The van der Waals surface area contributed by atoms with E-state index in [4.69, 9.17) is 42.9 Å². The van der Waals surface area contributed by atoms with E-state index in [2.05, 4.69) is 0 Å². The molecule has 2 aliphatic rings. The van der Waals surface area contributed by atoms with Crippen LogP contribution in [0.3, 0.4) is 0 Å². The maximum Gasteiger partial charge on any atom is 0.546 e. The summed E-state index contributed by atoms with van der Waals surface area (Å²) in [5, 5.41) is 10.3. The second-order valence-corrected chi connectivity index (χ2v) is 12.7. The fourth-order valence-electron chi connectivity index (χ4n) is 5.78. The molecule has 0 heterocycles. The van der Waals surface area contributed by atoms with Crippen molar-refractivity contribution in [3.63, 3.8) is 0 Å². The Bertz CT molecular complexity index is 1680. The van der Waals surface area contributed by atoms with Gasteiger partial charge in [0.05, 0.1) is 0 Å². The fourth-order valence-corrected chi connectivity index (χ4v) is 5.78. The van der Waals surface area contributed by atoms with Crippen LogP contribution in [0.1, 0.15) is 109 Å². The first-order valence-corrected chi connectivity index (χ1v) is 16.0. The standard InChI is InChI=1S/C35H42O14/c1-9-12-23(41-8)42-31(38)44-27-20-15-16-22-25-21(14-13-19(24(20)25)26(27)43-30(36)37)28(45-32(39)47-34(4,5)17-10-2)29(22)46-33(40)48-49-35(6,7)18-11-3/h13-16,23H,9-12,17-18H2,1-8H3,(H,36,37). The molecule has 4 rings (SSSR count). The Morgan fingerprint density at radius 1 is 0.653 bits per heavy atom. The Labute approximate surface area is 283 Å². The second kappa shape index (κ2) is 15.2. The zero-order valence-electron chi connectivity index (χ0n) is 28.9. The van der Waals surface area contributed by atoms with Gasteiger partial charge in [0.15, 0.2) is 23.0 Å². The summed E-state index contributed by atoms with van der Waals surface area (Å²) in [6.07, 6.45) is -2.31. The summed E-state index contributed by atoms with van der Waals surface area (Å²) in [5.74, 6) is -0.877. The first-order valence-electron chi connectivity index (χ1n) is 16.0. The highest BCUT2D eigenvalue weighted by molar-refractivity contribution is 6.21. The molecule has 0 spiro atoms. The van der Waals surface area contributed by atoms with E-state index in [9.17, 15) is 24.3 Å². The van der Waals surface area contributed by atoms with Crippen molar-refractivity contribution < 1.29 is 67.2 Å². The minimum atomic E-state index is -1.66. The van der Waals surface area contributed by atoms with Gasteiger partial charge in [-0.2, -0.15) is 4.89 Å². The molecule has 1 unspecified atom stereocenters. The average Bonchev–Trinajstić information content (AvgIpc) is 3.46. The lowest BCUT2D eigenvalue weighted by atomic mass is 9.98. The van der Waals surface area contributed by atoms with Crippen molar-refractivity contribution in [1.29, 1.82) is 0 Å². The summed E-state index contributed by atoms with van der Waals surface area (Å²) in [5.41, 5.74) is -0.613. The van der Waals surface area contributed by atoms with E-state index in [0.29, 0.717) is 36.5 Å². The molecule has 0 aliphatic heterocycles. The number of carboxylic acid groups (broad SMARTS) is 1. The van der Waals surface area contributed by atoms with Crippen molar-refractivity contribution >= 4 is 58.4 Å². The molecule has 2 aromatic rings. The van der Waals surface area contributed by atoms with E-state index in [0.717, 1.165) is 12.8 Å². The number of ether oxygens (including phenoxy) is 7. The maximum atomic E-state index is 13.1. The van der Waals surface area contributed by atoms with Crippen molar-refractivity contribution in [2.75, 3.05) is 7.11 Å². The Morgan fingerprint density at radius 2 is 1.10 bits per heavy atom. The Kier molecular flexibility index (Phi) is 11.5. The monoisotopic (exact) mass is 686 g/mol. The predicted octanol–water partition coefficient (Wildman–Crippen LogP) is 9.13. The molecule has 0 aromatic heterocycles. The highest BCUT2D eigenvalue weighted by atomic mass is 17.2. The van der Waals surface area contributed by atoms with Crippen LogP contribution in [0.2, 0.25) is 0 Å². The molecule has 0 bridgehead atoms. The largest absolute Gasteiger partial charge is 0.546 e. The van der Waals surface area contributed by atoms with Gasteiger partial charge in [-0.25, -0.2) is 19.2 Å². The van der Waals surface area contributed by atoms with Crippen molar-refractivity contribution in [2.45, 2.75) is 104 Å². The SMILES string of the molecule is CCCC(OC)OC(=O)OC1=C(OC(=O)O)c2ccc3c4c(ccc1c24)C(OC(=O)OOC(C)(C)CCC)=C3OC(=O)OC(C)(C)CCC. The third kappa shape index (κ3) is 8.43. The summed E-state index contributed by atoms with van der Waals surface area (Å²) >= 11 is 0. The molecule has 266 valence electrons. The van der Waals surface area contributed by atoms with E-state index < -0.39 is 42.1 Å². The lowest BCUT2D eigenvalue weighted by Gasteiger charge is -2.24. The molecule has 2 aromatic carbocycles. The third-order valence-electron chi connectivity index (χ3n) is 7.71. The molecule has 49 heavy (non-hydrogen) atoms.